The van der Waals surface area contributed by atoms with E-state index in [0.29, 0.717) is 12.0 Å². The Morgan fingerprint density at radius 3 is 2.94 bits per heavy atom. The zero-order valence-corrected chi connectivity index (χ0v) is 10.9. The molecule has 0 aliphatic carbocycles. The molecule has 0 aliphatic rings. The van der Waals surface area contributed by atoms with Crippen LogP contribution in [0.4, 0.5) is 5.95 Å². The van der Waals surface area contributed by atoms with Crippen molar-refractivity contribution in [2.45, 2.75) is 30.8 Å². The van der Waals surface area contributed by atoms with Gasteiger partial charge in [0.05, 0.1) is 0 Å². The second-order valence-corrected chi connectivity index (χ2v) is 5.65. The fourth-order valence-electron chi connectivity index (χ4n) is 1.40. The molecule has 0 saturated heterocycles. The second kappa shape index (κ2) is 4.88. The summed E-state index contributed by atoms with van der Waals surface area (Å²) < 4.78 is 1.96. The van der Waals surface area contributed by atoms with Gasteiger partial charge in [0.1, 0.15) is 0 Å². The average molecular weight is 254 g/mol. The first-order chi connectivity index (χ1) is 7.68. The van der Waals surface area contributed by atoms with E-state index in [4.69, 9.17) is 5.73 Å². The minimum Gasteiger partial charge on any atom is -0.368 e. The van der Waals surface area contributed by atoms with Crippen LogP contribution in [0.15, 0.2) is 22.7 Å². The van der Waals surface area contributed by atoms with E-state index in [1.807, 2.05) is 4.57 Å². The molecular formula is C10H14N4S2. The highest BCUT2D eigenvalue weighted by atomic mass is 32.2. The molecule has 6 heteroatoms. The summed E-state index contributed by atoms with van der Waals surface area (Å²) in [7, 11) is 0. The molecule has 0 aliphatic heterocycles. The number of rotatable bonds is 4. The lowest BCUT2D eigenvalue weighted by molar-refractivity contribution is 0.557. The molecular weight excluding hydrogens is 240 g/mol. The van der Waals surface area contributed by atoms with Crippen molar-refractivity contribution >= 4 is 29.0 Å². The summed E-state index contributed by atoms with van der Waals surface area (Å²) in [5.74, 6) is 1.41. The molecule has 0 bridgehead atoms. The monoisotopic (exact) mass is 254 g/mol. The van der Waals surface area contributed by atoms with E-state index in [2.05, 4.69) is 41.6 Å². The molecule has 0 atom stereocenters. The number of hydrogen-bond donors (Lipinski definition) is 1. The SMILES string of the molecule is CC(C)n1c(N)nnc1SCc1cccs1. The van der Waals surface area contributed by atoms with Crippen molar-refractivity contribution in [3.8, 4) is 0 Å². The highest BCUT2D eigenvalue weighted by molar-refractivity contribution is 7.98. The lowest BCUT2D eigenvalue weighted by Crippen LogP contribution is -2.06. The van der Waals surface area contributed by atoms with Gasteiger partial charge in [0, 0.05) is 16.7 Å². The standard InChI is InChI=1S/C10H14N4S2/c1-7(2)14-9(11)12-13-10(14)16-6-8-4-3-5-15-8/h3-5,7H,6H2,1-2H3,(H2,11,12). The van der Waals surface area contributed by atoms with Gasteiger partial charge in [-0.05, 0) is 25.3 Å². The zero-order chi connectivity index (χ0) is 11.5. The normalized spacial score (nSPS) is 11.2. The predicted octanol–water partition coefficient (Wildman–Crippen LogP) is 2.80. The van der Waals surface area contributed by atoms with Gasteiger partial charge in [-0.25, -0.2) is 0 Å². The van der Waals surface area contributed by atoms with E-state index in [9.17, 15) is 0 Å². The maximum absolute atomic E-state index is 5.77. The Bertz CT molecular complexity index is 447. The van der Waals surface area contributed by atoms with Gasteiger partial charge in [-0.15, -0.1) is 21.5 Å². The average Bonchev–Trinajstić information content (AvgIpc) is 2.83. The van der Waals surface area contributed by atoms with Gasteiger partial charge in [-0.2, -0.15) is 0 Å². The Hall–Kier alpha value is -1.01. The van der Waals surface area contributed by atoms with Gasteiger partial charge in [-0.1, -0.05) is 17.8 Å². The first-order valence-corrected chi connectivity index (χ1v) is 6.90. The number of anilines is 1. The molecule has 86 valence electrons. The molecule has 2 N–H and O–H groups in total. The van der Waals surface area contributed by atoms with Crippen molar-refractivity contribution in [2.75, 3.05) is 5.73 Å². The maximum Gasteiger partial charge on any atom is 0.222 e. The van der Waals surface area contributed by atoms with Crippen molar-refractivity contribution in [3.63, 3.8) is 0 Å². The third-order valence-electron chi connectivity index (χ3n) is 2.13. The maximum atomic E-state index is 5.77. The Labute approximate surface area is 103 Å². The van der Waals surface area contributed by atoms with Crippen LogP contribution in [0, 0.1) is 0 Å². The van der Waals surface area contributed by atoms with Gasteiger partial charge in [0.25, 0.3) is 0 Å². The minimum absolute atomic E-state index is 0.292. The van der Waals surface area contributed by atoms with E-state index in [1.54, 1.807) is 23.1 Å². The van der Waals surface area contributed by atoms with Crippen LogP contribution >= 0.6 is 23.1 Å². The van der Waals surface area contributed by atoms with Gasteiger partial charge in [0.15, 0.2) is 5.16 Å². The number of nitrogen functional groups attached to an aromatic ring is 1. The Morgan fingerprint density at radius 2 is 2.31 bits per heavy atom. The van der Waals surface area contributed by atoms with E-state index in [-0.39, 0.29) is 0 Å². The molecule has 0 spiro atoms. The van der Waals surface area contributed by atoms with Crippen LogP contribution < -0.4 is 5.73 Å². The Kier molecular flexibility index (Phi) is 3.50. The quantitative estimate of drug-likeness (QED) is 0.852. The van der Waals surface area contributed by atoms with Crippen molar-refractivity contribution < 1.29 is 0 Å². The van der Waals surface area contributed by atoms with Crippen molar-refractivity contribution in [3.05, 3.63) is 22.4 Å². The number of thiophene rings is 1. The first kappa shape index (κ1) is 11.5. The molecule has 0 saturated carbocycles. The van der Waals surface area contributed by atoms with Crippen LogP contribution in [-0.4, -0.2) is 14.8 Å². The van der Waals surface area contributed by atoms with E-state index >= 15 is 0 Å². The molecule has 0 radical (unpaired) electrons. The summed E-state index contributed by atoms with van der Waals surface area (Å²) in [6.45, 7) is 4.16. The number of thioether (sulfide) groups is 1. The molecule has 16 heavy (non-hydrogen) atoms. The van der Waals surface area contributed by atoms with Gasteiger partial charge >= 0.3 is 0 Å². The van der Waals surface area contributed by atoms with Gasteiger partial charge < -0.3 is 5.73 Å². The third kappa shape index (κ3) is 2.38. The van der Waals surface area contributed by atoms with E-state index in [0.717, 1.165) is 10.9 Å². The van der Waals surface area contributed by atoms with E-state index in [1.165, 1.54) is 4.88 Å². The summed E-state index contributed by atoms with van der Waals surface area (Å²) in [6.07, 6.45) is 0. The lowest BCUT2D eigenvalue weighted by atomic mass is 10.4. The summed E-state index contributed by atoms with van der Waals surface area (Å²) in [6, 6.07) is 4.47. The van der Waals surface area contributed by atoms with Crippen LogP contribution in [0.3, 0.4) is 0 Å². The molecule has 0 fully saturated rings. The summed E-state index contributed by atoms with van der Waals surface area (Å²) in [5.41, 5.74) is 5.77. The molecule has 0 unspecified atom stereocenters. The Balaban J connectivity index is 2.10. The van der Waals surface area contributed by atoms with E-state index < -0.39 is 0 Å². The minimum atomic E-state index is 0.292. The molecule has 0 amide bonds. The number of nitrogens with two attached hydrogens (primary N) is 1. The van der Waals surface area contributed by atoms with Crippen LogP contribution in [0.25, 0.3) is 0 Å². The predicted molar refractivity (Wildman–Crippen MR) is 68.7 cm³/mol. The summed E-state index contributed by atoms with van der Waals surface area (Å²) in [5, 5.41) is 11.0. The van der Waals surface area contributed by atoms with Crippen LogP contribution in [0.2, 0.25) is 0 Å². The fraction of sp³-hybridized carbons (Fsp3) is 0.400. The smallest absolute Gasteiger partial charge is 0.222 e. The van der Waals surface area contributed by atoms with Gasteiger partial charge in [-0.3, -0.25) is 4.57 Å². The van der Waals surface area contributed by atoms with Crippen LogP contribution in [-0.2, 0) is 5.75 Å². The van der Waals surface area contributed by atoms with Crippen LogP contribution in [0.1, 0.15) is 24.8 Å². The molecule has 2 heterocycles. The largest absolute Gasteiger partial charge is 0.368 e. The summed E-state index contributed by atoms with van der Waals surface area (Å²) >= 11 is 3.43. The Morgan fingerprint density at radius 1 is 1.50 bits per heavy atom. The molecule has 2 rings (SSSR count). The molecule has 4 nitrogen and oxygen atoms in total. The molecule has 0 aromatic carbocycles. The van der Waals surface area contributed by atoms with Crippen molar-refractivity contribution in [1.82, 2.24) is 14.8 Å². The highest BCUT2D eigenvalue weighted by Gasteiger charge is 2.12. The lowest BCUT2D eigenvalue weighted by Gasteiger charge is -2.10. The molecule has 2 aromatic heterocycles. The van der Waals surface area contributed by atoms with Gasteiger partial charge in [0.2, 0.25) is 5.95 Å². The number of aromatic nitrogens is 3. The summed E-state index contributed by atoms with van der Waals surface area (Å²) in [4.78, 5) is 1.34. The highest BCUT2D eigenvalue weighted by Crippen LogP contribution is 2.26. The van der Waals surface area contributed by atoms with Crippen molar-refractivity contribution in [1.29, 1.82) is 0 Å². The van der Waals surface area contributed by atoms with Crippen molar-refractivity contribution in [2.24, 2.45) is 0 Å². The fourth-order valence-corrected chi connectivity index (χ4v) is 3.25. The molecule has 2 aromatic rings. The second-order valence-electron chi connectivity index (χ2n) is 3.67. The topological polar surface area (TPSA) is 56.7 Å². The number of hydrogen-bond acceptors (Lipinski definition) is 5. The third-order valence-corrected chi connectivity index (χ3v) is 4.18. The first-order valence-electron chi connectivity index (χ1n) is 5.04. The van der Waals surface area contributed by atoms with Crippen LogP contribution in [0.5, 0.6) is 0 Å². The zero-order valence-electron chi connectivity index (χ0n) is 9.25. The number of nitrogens with zero attached hydrogens (tertiary/aromatic N) is 3.